The van der Waals surface area contributed by atoms with Crippen molar-refractivity contribution in [1.82, 2.24) is 20.3 Å². The molecule has 0 saturated heterocycles. The molecule has 0 aliphatic rings. The monoisotopic (exact) mass is 264 g/mol. The Bertz CT molecular complexity index is 682. The number of aromatic nitrogens is 3. The summed E-state index contributed by atoms with van der Waals surface area (Å²) in [4.78, 5) is 13.0. The minimum Gasteiger partial charge on any atom is -0.311 e. The van der Waals surface area contributed by atoms with Crippen LogP contribution in [0.25, 0.3) is 11.0 Å². The summed E-state index contributed by atoms with van der Waals surface area (Å²) in [6, 6.07) is 12.0. The summed E-state index contributed by atoms with van der Waals surface area (Å²) in [5, 5.41) is 3.39. The number of nitrogens with one attached hydrogen (secondary N) is 1. The Balaban J connectivity index is 1.55. The van der Waals surface area contributed by atoms with E-state index >= 15 is 0 Å². The molecule has 4 heteroatoms. The highest BCUT2D eigenvalue weighted by atomic mass is 14.9. The number of benzene rings is 1. The zero-order valence-corrected chi connectivity index (χ0v) is 11.2. The van der Waals surface area contributed by atoms with E-state index in [-0.39, 0.29) is 0 Å². The van der Waals surface area contributed by atoms with Crippen molar-refractivity contribution in [2.75, 3.05) is 6.54 Å². The van der Waals surface area contributed by atoms with Gasteiger partial charge in [-0.1, -0.05) is 12.1 Å². The predicted octanol–water partition coefficient (Wildman–Crippen LogP) is 2.36. The number of fused-ring (bicyclic) bond motifs is 1. The van der Waals surface area contributed by atoms with Crippen LogP contribution in [0.15, 0.2) is 55.0 Å². The molecule has 0 aliphatic carbocycles. The first-order valence-corrected chi connectivity index (χ1v) is 6.72. The van der Waals surface area contributed by atoms with Crippen molar-refractivity contribution in [3.05, 3.63) is 66.2 Å². The molecule has 0 aliphatic heterocycles. The Hall–Kier alpha value is -2.33. The number of rotatable bonds is 5. The van der Waals surface area contributed by atoms with Gasteiger partial charge >= 0.3 is 0 Å². The molecule has 0 saturated carbocycles. The minimum absolute atomic E-state index is 0.739. The van der Waals surface area contributed by atoms with Gasteiger partial charge < -0.3 is 5.32 Å². The lowest BCUT2D eigenvalue weighted by atomic mass is 10.2. The van der Waals surface area contributed by atoms with Gasteiger partial charge in [-0.25, -0.2) is 4.98 Å². The molecule has 0 atom stereocenters. The van der Waals surface area contributed by atoms with Crippen LogP contribution in [-0.4, -0.2) is 21.5 Å². The van der Waals surface area contributed by atoms with E-state index in [0.29, 0.717) is 0 Å². The molecule has 2 aromatic heterocycles. The largest absolute Gasteiger partial charge is 0.311 e. The highest BCUT2D eigenvalue weighted by Gasteiger charge is 1.99. The van der Waals surface area contributed by atoms with Crippen LogP contribution in [0.2, 0.25) is 0 Å². The SMILES string of the molecule is c1ccc2nc(CNCCc3ccncc3)cnc2c1. The molecule has 0 fully saturated rings. The van der Waals surface area contributed by atoms with Gasteiger partial charge in [-0.2, -0.15) is 0 Å². The Morgan fingerprint density at radius 1 is 0.950 bits per heavy atom. The molecule has 2 heterocycles. The average Bonchev–Trinajstić information content (AvgIpc) is 2.52. The van der Waals surface area contributed by atoms with Crippen molar-refractivity contribution >= 4 is 11.0 Å². The summed E-state index contributed by atoms with van der Waals surface area (Å²) in [6.07, 6.45) is 6.47. The van der Waals surface area contributed by atoms with Crippen LogP contribution in [0.4, 0.5) is 0 Å². The molecular weight excluding hydrogens is 248 g/mol. The van der Waals surface area contributed by atoms with Gasteiger partial charge in [-0.15, -0.1) is 0 Å². The van der Waals surface area contributed by atoms with Crippen molar-refractivity contribution in [2.24, 2.45) is 0 Å². The molecular formula is C16H16N4. The third-order valence-electron chi connectivity index (χ3n) is 3.14. The Morgan fingerprint density at radius 2 is 1.75 bits per heavy atom. The zero-order valence-electron chi connectivity index (χ0n) is 11.2. The normalized spacial score (nSPS) is 10.8. The van der Waals surface area contributed by atoms with Crippen LogP contribution in [0.1, 0.15) is 11.3 Å². The molecule has 0 bridgehead atoms. The molecule has 4 nitrogen and oxygen atoms in total. The topological polar surface area (TPSA) is 50.7 Å². The van der Waals surface area contributed by atoms with E-state index in [0.717, 1.165) is 36.2 Å². The third kappa shape index (κ3) is 3.16. The smallest absolute Gasteiger partial charge is 0.0890 e. The lowest BCUT2D eigenvalue weighted by Gasteiger charge is -2.05. The standard InChI is InChI=1S/C16H16N4/c1-2-4-16-15(3-1)19-12-14(20-16)11-18-10-7-13-5-8-17-9-6-13/h1-6,8-9,12,18H,7,10-11H2. The van der Waals surface area contributed by atoms with E-state index in [1.165, 1.54) is 5.56 Å². The fraction of sp³-hybridized carbons (Fsp3) is 0.188. The second kappa shape index (κ2) is 6.21. The average molecular weight is 264 g/mol. The molecule has 0 unspecified atom stereocenters. The van der Waals surface area contributed by atoms with Crippen molar-refractivity contribution < 1.29 is 0 Å². The maximum absolute atomic E-state index is 4.58. The number of hydrogen-bond acceptors (Lipinski definition) is 4. The van der Waals surface area contributed by atoms with Gasteiger partial charge in [0.15, 0.2) is 0 Å². The van der Waals surface area contributed by atoms with Crippen LogP contribution in [0.3, 0.4) is 0 Å². The summed E-state index contributed by atoms with van der Waals surface area (Å²) < 4.78 is 0. The first-order valence-electron chi connectivity index (χ1n) is 6.72. The minimum atomic E-state index is 0.739. The van der Waals surface area contributed by atoms with E-state index in [9.17, 15) is 0 Å². The molecule has 1 aromatic carbocycles. The molecule has 0 spiro atoms. The Labute approximate surface area is 117 Å². The molecule has 3 rings (SSSR count). The van der Waals surface area contributed by atoms with Crippen molar-refractivity contribution in [3.63, 3.8) is 0 Å². The summed E-state index contributed by atoms with van der Waals surface area (Å²) in [5.41, 5.74) is 4.14. The van der Waals surface area contributed by atoms with Gasteiger partial charge in [0.2, 0.25) is 0 Å². The van der Waals surface area contributed by atoms with Crippen molar-refractivity contribution in [3.8, 4) is 0 Å². The van der Waals surface area contributed by atoms with Crippen LogP contribution >= 0.6 is 0 Å². The number of para-hydroxylation sites is 2. The lowest BCUT2D eigenvalue weighted by Crippen LogP contribution is -2.17. The van der Waals surface area contributed by atoms with E-state index in [1.807, 2.05) is 55.0 Å². The highest BCUT2D eigenvalue weighted by molar-refractivity contribution is 5.73. The summed E-state index contributed by atoms with van der Waals surface area (Å²) in [7, 11) is 0. The number of nitrogens with zero attached hydrogens (tertiary/aromatic N) is 3. The zero-order chi connectivity index (χ0) is 13.6. The molecule has 20 heavy (non-hydrogen) atoms. The van der Waals surface area contributed by atoms with Crippen LogP contribution in [-0.2, 0) is 13.0 Å². The summed E-state index contributed by atoms with van der Waals surface area (Å²) in [5.74, 6) is 0. The van der Waals surface area contributed by atoms with Crippen LogP contribution < -0.4 is 5.32 Å². The third-order valence-corrected chi connectivity index (χ3v) is 3.14. The van der Waals surface area contributed by atoms with Crippen molar-refractivity contribution in [1.29, 1.82) is 0 Å². The van der Waals surface area contributed by atoms with Crippen LogP contribution in [0.5, 0.6) is 0 Å². The van der Waals surface area contributed by atoms with Gasteiger partial charge in [-0.05, 0) is 42.8 Å². The summed E-state index contributed by atoms with van der Waals surface area (Å²) >= 11 is 0. The molecule has 0 amide bonds. The first kappa shape index (κ1) is 12.7. The lowest BCUT2D eigenvalue weighted by molar-refractivity contribution is 0.674. The molecule has 100 valence electrons. The van der Waals surface area contributed by atoms with Gasteiger partial charge in [0.25, 0.3) is 0 Å². The Morgan fingerprint density at radius 3 is 2.60 bits per heavy atom. The van der Waals surface area contributed by atoms with Crippen LogP contribution in [0, 0.1) is 0 Å². The molecule has 1 N–H and O–H groups in total. The maximum Gasteiger partial charge on any atom is 0.0890 e. The number of hydrogen-bond donors (Lipinski definition) is 1. The highest BCUT2D eigenvalue weighted by Crippen LogP contribution is 2.08. The van der Waals surface area contributed by atoms with E-state index in [4.69, 9.17) is 0 Å². The Kier molecular flexibility index (Phi) is 3.94. The van der Waals surface area contributed by atoms with Crippen molar-refractivity contribution in [2.45, 2.75) is 13.0 Å². The fourth-order valence-electron chi connectivity index (χ4n) is 2.08. The first-order chi connectivity index (χ1) is 9.92. The molecule has 0 radical (unpaired) electrons. The second-order valence-corrected chi connectivity index (χ2v) is 4.63. The maximum atomic E-state index is 4.58. The van der Waals surface area contributed by atoms with Gasteiger partial charge in [0, 0.05) is 18.9 Å². The summed E-state index contributed by atoms with van der Waals surface area (Å²) in [6.45, 7) is 1.65. The van der Waals surface area contributed by atoms with Gasteiger partial charge in [-0.3, -0.25) is 9.97 Å². The van der Waals surface area contributed by atoms with Gasteiger partial charge in [0.1, 0.15) is 0 Å². The fourth-order valence-corrected chi connectivity index (χ4v) is 2.08. The number of pyridine rings is 1. The quantitative estimate of drug-likeness (QED) is 0.719. The van der Waals surface area contributed by atoms with Gasteiger partial charge in [0.05, 0.1) is 22.9 Å². The van der Waals surface area contributed by atoms with E-state index < -0.39 is 0 Å². The van der Waals surface area contributed by atoms with E-state index in [2.05, 4.69) is 20.3 Å². The molecule has 3 aromatic rings. The predicted molar refractivity (Wildman–Crippen MR) is 79.2 cm³/mol. The second-order valence-electron chi connectivity index (χ2n) is 4.63. The van der Waals surface area contributed by atoms with E-state index in [1.54, 1.807) is 0 Å².